The highest BCUT2D eigenvalue weighted by atomic mass is 32.1. The van der Waals surface area contributed by atoms with Crippen LogP contribution in [0.2, 0.25) is 0 Å². The van der Waals surface area contributed by atoms with E-state index in [1.54, 1.807) is 0 Å². The van der Waals surface area contributed by atoms with Crippen LogP contribution in [0.4, 0.5) is 0 Å². The summed E-state index contributed by atoms with van der Waals surface area (Å²) in [6.45, 7) is 0. The summed E-state index contributed by atoms with van der Waals surface area (Å²) in [6.07, 6.45) is 3.70. The second-order valence-electron chi connectivity index (χ2n) is 3.41. The maximum atomic E-state index is 5.22. The number of hydrogen-bond donors (Lipinski definition) is 1. The highest BCUT2D eigenvalue weighted by molar-refractivity contribution is 7.71. The minimum Gasteiger partial charge on any atom is -0.352 e. The second kappa shape index (κ2) is 3.14. The molecule has 0 unspecified atom stereocenters. The van der Waals surface area contributed by atoms with Crippen molar-refractivity contribution in [2.75, 3.05) is 0 Å². The number of fused-ring (bicyclic) bond motifs is 3. The molecule has 0 amide bonds. The highest BCUT2D eigenvalue weighted by Crippen LogP contribution is 2.22. The van der Waals surface area contributed by atoms with E-state index in [1.165, 1.54) is 0 Å². The Morgan fingerprint density at radius 3 is 2.80 bits per heavy atom. The maximum Gasteiger partial charge on any atom is 0.112 e. The monoisotopic (exact) mass is 212 g/mol. The van der Waals surface area contributed by atoms with Crippen molar-refractivity contribution in [3.05, 3.63) is 47.4 Å². The fourth-order valence-electron chi connectivity index (χ4n) is 1.80. The number of hydrogen-bond acceptors (Lipinski definition) is 2. The van der Waals surface area contributed by atoms with E-state index in [0.717, 1.165) is 26.3 Å². The number of nitrogens with one attached hydrogen (secondary N) is 1. The summed E-state index contributed by atoms with van der Waals surface area (Å²) < 4.78 is 0.741. The van der Waals surface area contributed by atoms with Gasteiger partial charge < -0.3 is 4.98 Å². The molecule has 3 rings (SSSR count). The molecule has 15 heavy (non-hydrogen) atoms. The van der Waals surface area contributed by atoms with Gasteiger partial charge in [0.25, 0.3) is 0 Å². The lowest BCUT2D eigenvalue weighted by Crippen LogP contribution is -1.83. The van der Waals surface area contributed by atoms with Gasteiger partial charge in [-0.1, -0.05) is 30.4 Å². The molecule has 0 saturated carbocycles. The highest BCUT2D eigenvalue weighted by Gasteiger charge is 2.00. The molecule has 0 bridgehead atoms. The van der Waals surface area contributed by atoms with E-state index in [0.29, 0.717) is 0 Å². The molecule has 0 aliphatic carbocycles. The average molecular weight is 212 g/mol. The van der Waals surface area contributed by atoms with Crippen molar-refractivity contribution < 1.29 is 0 Å². The quantitative estimate of drug-likeness (QED) is 0.456. The van der Waals surface area contributed by atoms with Gasteiger partial charge in [0.1, 0.15) is 4.64 Å². The van der Waals surface area contributed by atoms with Crippen molar-refractivity contribution in [3.63, 3.8) is 0 Å². The molecular weight excluding hydrogens is 204 g/mol. The predicted octanol–water partition coefficient (Wildman–Crippen LogP) is 3.45. The fourth-order valence-corrected chi connectivity index (χ4v) is 2.03. The lowest BCUT2D eigenvalue weighted by Gasteiger charge is -2.01. The van der Waals surface area contributed by atoms with Crippen molar-refractivity contribution >= 4 is 33.9 Å². The van der Waals surface area contributed by atoms with Crippen molar-refractivity contribution in [2.24, 2.45) is 0 Å². The normalized spacial score (nSPS) is 10.9. The third-order valence-electron chi connectivity index (χ3n) is 2.53. The SMILES string of the molecule is S=c1[nH]ccc2c1cnc1ccccc12. The van der Waals surface area contributed by atoms with E-state index in [2.05, 4.69) is 16.0 Å². The third-order valence-corrected chi connectivity index (χ3v) is 2.86. The van der Waals surface area contributed by atoms with Crippen LogP contribution in [0.5, 0.6) is 0 Å². The molecule has 0 atom stereocenters. The van der Waals surface area contributed by atoms with Crippen LogP contribution < -0.4 is 0 Å². The van der Waals surface area contributed by atoms with Gasteiger partial charge in [0, 0.05) is 23.2 Å². The summed E-state index contributed by atoms with van der Waals surface area (Å²) in [5, 5.41) is 3.31. The first kappa shape index (κ1) is 8.56. The fraction of sp³-hybridized carbons (Fsp3) is 0. The molecular formula is C12H8N2S. The van der Waals surface area contributed by atoms with Crippen LogP contribution in [-0.2, 0) is 0 Å². The molecule has 0 radical (unpaired) electrons. The Morgan fingerprint density at radius 2 is 1.87 bits per heavy atom. The van der Waals surface area contributed by atoms with E-state index in [-0.39, 0.29) is 0 Å². The number of aromatic nitrogens is 2. The van der Waals surface area contributed by atoms with Gasteiger partial charge in [-0.25, -0.2) is 0 Å². The number of benzene rings is 1. The third kappa shape index (κ3) is 1.24. The van der Waals surface area contributed by atoms with Gasteiger partial charge in [0.05, 0.1) is 5.52 Å². The molecule has 2 nitrogen and oxygen atoms in total. The van der Waals surface area contributed by atoms with Crippen LogP contribution in [0.15, 0.2) is 42.7 Å². The molecule has 3 heteroatoms. The zero-order chi connectivity index (χ0) is 10.3. The Balaban J connectivity index is 2.67. The van der Waals surface area contributed by atoms with Crippen molar-refractivity contribution in [3.8, 4) is 0 Å². The molecule has 2 heterocycles. The van der Waals surface area contributed by atoms with Crippen LogP contribution in [0.3, 0.4) is 0 Å². The largest absolute Gasteiger partial charge is 0.352 e. The first-order valence-electron chi connectivity index (χ1n) is 4.71. The summed E-state index contributed by atoms with van der Waals surface area (Å²) in [7, 11) is 0. The Labute approximate surface area is 91.6 Å². The van der Waals surface area contributed by atoms with E-state index in [4.69, 9.17) is 12.2 Å². The number of pyridine rings is 2. The molecule has 2 aromatic heterocycles. The van der Waals surface area contributed by atoms with Crippen LogP contribution in [0.25, 0.3) is 21.7 Å². The van der Waals surface area contributed by atoms with Gasteiger partial charge in [-0.3, -0.25) is 4.98 Å². The summed E-state index contributed by atoms with van der Waals surface area (Å²) >= 11 is 5.22. The molecule has 0 saturated heterocycles. The topological polar surface area (TPSA) is 28.7 Å². The van der Waals surface area contributed by atoms with Crippen LogP contribution >= 0.6 is 12.2 Å². The van der Waals surface area contributed by atoms with Crippen molar-refractivity contribution in [2.45, 2.75) is 0 Å². The lowest BCUT2D eigenvalue weighted by molar-refractivity contribution is 1.32. The van der Waals surface area contributed by atoms with Gasteiger partial charge in [-0.15, -0.1) is 0 Å². The number of nitrogens with zero attached hydrogens (tertiary/aromatic N) is 1. The molecule has 0 aliphatic heterocycles. The van der Waals surface area contributed by atoms with Gasteiger partial charge in [-0.05, 0) is 17.5 Å². The number of para-hydroxylation sites is 1. The van der Waals surface area contributed by atoms with Crippen LogP contribution in [0, 0.1) is 4.64 Å². The Bertz CT molecular complexity index is 700. The van der Waals surface area contributed by atoms with Crippen molar-refractivity contribution in [1.29, 1.82) is 0 Å². The van der Waals surface area contributed by atoms with Gasteiger partial charge in [0.2, 0.25) is 0 Å². The molecule has 3 aromatic rings. The summed E-state index contributed by atoms with van der Waals surface area (Å²) in [6, 6.07) is 10.1. The van der Waals surface area contributed by atoms with Crippen LogP contribution in [0.1, 0.15) is 0 Å². The second-order valence-corrected chi connectivity index (χ2v) is 3.82. The van der Waals surface area contributed by atoms with Gasteiger partial charge in [0.15, 0.2) is 0 Å². The first-order chi connectivity index (χ1) is 7.36. The predicted molar refractivity (Wildman–Crippen MR) is 64.4 cm³/mol. The summed E-state index contributed by atoms with van der Waals surface area (Å²) in [5.74, 6) is 0. The van der Waals surface area contributed by atoms with E-state index in [9.17, 15) is 0 Å². The summed E-state index contributed by atoms with van der Waals surface area (Å²) in [4.78, 5) is 7.40. The number of H-pyrrole nitrogens is 1. The number of rotatable bonds is 0. The molecule has 72 valence electrons. The van der Waals surface area contributed by atoms with Gasteiger partial charge >= 0.3 is 0 Å². The van der Waals surface area contributed by atoms with Crippen molar-refractivity contribution in [1.82, 2.24) is 9.97 Å². The molecule has 0 spiro atoms. The minimum atomic E-state index is 0.741. The molecule has 1 N–H and O–H groups in total. The van der Waals surface area contributed by atoms with Crippen LogP contribution in [-0.4, -0.2) is 9.97 Å². The minimum absolute atomic E-state index is 0.741. The van der Waals surface area contributed by atoms with E-state index in [1.807, 2.05) is 36.7 Å². The Kier molecular flexibility index (Phi) is 1.79. The Hall–Kier alpha value is -1.74. The molecule has 0 fully saturated rings. The smallest absolute Gasteiger partial charge is 0.112 e. The molecule has 1 aromatic carbocycles. The average Bonchev–Trinajstić information content (AvgIpc) is 2.29. The standard InChI is InChI=1S/C12H8N2S/c15-12-10-7-14-11-4-2-1-3-9(11)8(10)5-6-13-12/h1-7H,(H,13,15). The van der Waals surface area contributed by atoms with E-state index >= 15 is 0 Å². The maximum absolute atomic E-state index is 5.22. The van der Waals surface area contributed by atoms with E-state index < -0.39 is 0 Å². The zero-order valence-electron chi connectivity index (χ0n) is 7.90. The summed E-state index contributed by atoms with van der Waals surface area (Å²) in [5.41, 5.74) is 1.01. The first-order valence-corrected chi connectivity index (χ1v) is 5.12. The zero-order valence-corrected chi connectivity index (χ0v) is 8.71. The number of aromatic amines is 1. The lowest BCUT2D eigenvalue weighted by atomic mass is 10.1. The van der Waals surface area contributed by atoms with Gasteiger partial charge in [-0.2, -0.15) is 0 Å². The Morgan fingerprint density at radius 1 is 1.00 bits per heavy atom. The molecule has 0 aliphatic rings.